The number of ether oxygens (including phenoxy) is 1. The molecule has 0 unspecified atom stereocenters. The fourth-order valence-electron chi connectivity index (χ4n) is 1.56. The quantitative estimate of drug-likeness (QED) is 0.583. The van der Waals surface area contributed by atoms with E-state index in [0.29, 0.717) is 12.2 Å². The molecule has 94 valence electrons. The molecule has 0 spiro atoms. The number of rotatable bonds is 7. The van der Waals surface area contributed by atoms with Crippen LogP contribution in [0, 0.1) is 0 Å². The number of esters is 1. The van der Waals surface area contributed by atoms with Gasteiger partial charge in [0.2, 0.25) is 0 Å². The van der Waals surface area contributed by atoms with Gasteiger partial charge in [-0.3, -0.25) is 0 Å². The van der Waals surface area contributed by atoms with E-state index in [0.717, 1.165) is 18.7 Å². The van der Waals surface area contributed by atoms with Gasteiger partial charge >= 0.3 is 5.97 Å². The first-order valence-corrected chi connectivity index (χ1v) is 6.24. The second-order valence-electron chi connectivity index (χ2n) is 3.95. The van der Waals surface area contributed by atoms with Gasteiger partial charge in [0, 0.05) is 6.54 Å². The van der Waals surface area contributed by atoms with Crippen LogP contribution in [0.15, 0.2) is 24.3 Å². The van der Waals surface area contributed by atoms with E-state index >= 15 is 0 Å². The first-order valence-electron chi connectivity index (χ1n) is 6.24. The van der Waals surface area contributed by atoms with E-state index in [1.54, 1.807) is 6.07 Å². The Morgan fingerprint density at radius 2 is 2.18 bits per heavy atom. The Hall–Kier alpha value is -1.35. The predicted molar refractivity (Wildman–Crippen MR) is 69.0 cm³/mol. The Kier molecular flexibility index (Phi) is 6.33. The normalized spacial score (nSPS) is 10.2. The summed E-state index contributed by atoms with van der Waals surface area (Å²) in [5.74, 6) is -0.247. The van der Waals surface area contributed by atoms with Crippen LogP contribution in [0.2, 0.25) is 0 Å². The van der Waals surface area contributed by atoms with Crippen LogP contribution in [0.3, 0.4) is 0 Å². The minimum absolute atomic E-state index is 0.247. The molecule has 3 heteroatoms. The van der Waals surface area contributed by atoms with Gasteiger partial charge in [-0.05, 0) is 37.6 Å². The molecule has 3 nitrogen and oxygen atoms in total. The van der Waals surface area contributed by atoms with Crippen LogP contribution < -0.4 is 5.32 Å². The molecule has 0 aliphatic heterocycles. The Bertz CT molecular complexity index is 350. The van der Waals surface area contributed by atoms with Gasteiger partial charge in [-0.2, -0.15) is 0 Å². The summed E-state index contributed by atoms with van der Waals surface area (Å²) in [6.07, 6.45) is 2.37. The van der Waals surface area contributed by atoms with Crippen molar-refractivity contribution in [1.29, 1.82) is 0 Å². The second kappa shape index (κ2) is 7.85. The maximum absolute atomic E-state index is 11.5. The van der Waals surface area contributed by atoms with Crippen molar-refractivity contribution in [3.8, 4) is 0 Å². The fourth-order valence-corrected chi connectivity index (χ4v) is 1.56. The van der Waals surface area contributed by atoms with Crippen molar-refractivity contribution in [2.24, 2.45) is 0 Å². The Labute approximate surface area is 103 Å². The largest absolute Gasteiger partial charge is 0.462 e. The first-order chi connectivity index (χ1) is 8.27. The number of hydrogen-bond donors (Lipinski definition) is 1. The number of hydrogen-bond acceptors (Lipinski definition) is 3. The van der Waals surface area contributed by atoms with Crippen molar-refractivity contribution in [2.75, 3.05) is 13.2 Å². The van der Waals surface area contributed by atoms with Crippen molar-refractivity contribution in [3.63, 3.8) is 0 Å². The van der Waals surface area contributed by atoms with Gasteiger partial charge < -0.3 is 10.1 Å². The van der Waals surface area contributed by atoms with E-state index in [4.69, 9.17) is 4.74 Å². The van der Waals surface area contributed by atoms with Crippen LogP contribution in [-0.4, -0.2) is 19.1 Å². The molecule has 0 amide bonds. The van der Waals surface area contributed by atoms with Crippen molar-refractivity contribution in [1.82, 2.24) is 5.32 Å². The lowest BCUT2D eigenvalue weighted by Gasteiger charge is -2.06. The maximum atomic E-state index is 11.5. The molecule has 1 aromatic rings. The summed E-state index contributed by atoms with van der Waals surface area (Å²) in [7, 11) is 0. The average Bonchev–Trinajstić information content (AvgIpc) is 2.35. The maximum Gasteiger partial charge on any atom is 0.338 e. The molecule has 1 N–H and O–H groups in total. The molecule has 0 aromatic heterocycles. The molecule has 0 heterocycles. The molecule has 1 aromatic carbocycles. The molecule has 17 heavy (non-hydrogen) atoms. The lowest BCUT2D eigenvalue weighted by Crippen LogP contribution is -2.15. The molecular weight excluding hydrogens is 214 g/mol. The zero-order valence-corrected chi connectivity index (χ0v) is 10.7. The number of carbonyl (C=O) groups excluding carboxylic acids is 1. The van der Waals surface area contributed by atoms with E-state index in [1.807, 2.05) is 25.1 Å². The van der Waals surface area contributed by atoms with Gasteiger partial charge in [0.15, 0.2) is 0 Å². The third kappa shape index (κ3) is 5.00. The number of benzene rings is 1. The zero-order chi connectivity index (χ0) is 12.5. The van der Waals surface area contributed by atoms with E-state index in [2.05, 4.69) is 12.2 Å². The van der Waals surface area contributed by atoms with Gasteiger partial charge in [0.25, 0.3) is 0 Å². The lowest BCUT2D eigenvalue weighted by molar-refractivity contribution is 0.0526. The molecule has 0 aliphatic carbocycles. The molecule has 0 fully saturated rings. The van der Waals surface area contributed by atoms with Crippen LogP contribution in [0.1, 0.15) is 42.6 Å². The predicted octanol–water partition coefficient (Wildman–Crippen LogP) is 2.75. The monoisotopic (exact) mass is 235 g/mol. The van der Waals surface area contributed by atoms with E-state index in [-0.39, 0.29) is 5.97 Å². The van der Waals surface area contributed by atoms with Gasteiger partial charge in [-0.25, -0.2) is 4.79 Å². The molecule has 0 atom stereocenters. The SMILES string of the molecule is CCCCNCc1cccc(C(=O)OCC)c1. The van der Waals surface area contributed by atoms with Crippen molar-refractivity contribution >= 4 is 5.97 Å². The summed E-state index contributed by atoms with van der Waals surface area (Å²) in [6, 6.07) is 7.58. The Morgan fingerprint density at radius 3 is 2.88 bits per heavy atom. The summed E-state index contributed by atoms with van der Waals surface area (Å²) < 4.78 is 4.97. The minimum atomic E-state index is -0.247. The lowest BCUT2D eigenvalue weighted by atomic mass is 10.1. The molecule has 1 rings (SSSR count). The highest BCUT2D eigenvalue weighted by Crippen LogP contribution is 2.06. The summed E-state index contributed by atoms with van der Waals surface area (Å²) in [4.78, 5) is 11.5. The third-order valence-electron chi connectivity index (χ3n) is 2.47. The molecule has 0 aliphatic rings. The standard InChI is InChI=1S/C14H21NO2/c1-3-5-9-15-11-12-7-6-8-13(10-12)14(16)17-4-2/h6-8,10,15H,3-5,9,11H2,1-2H3. The van der Waals surface area contributed by atoms with Crippen molar-refractivity contribution in [2.45, 2.75) is 33.2 Å². The first kappa shape index (κ1) is 13.7. The number of nitrogens with one attached hydrogen (secondary N) is 1. The average molecular weight is 235 g/mol. The summed E-state index contributed by atoms with van der Waals surface area (Å²) in [5.41, 5.74) is 1.74. The molecule has 0 saturated carbocycles. The van der Waals surface area contributed by atoms with Crippen molar-refractivity contribution < 1.29 is 9.53 Å². The number of carbonyl (C=O) groups is 1. The zero-order valence-electron chi connectivity index (χ0n) is 10.7. The van der Waals surface area contributed by atoms with Crippen LogP contribution in [0.5, 0.6) is 0 Å². The fraction of sp³-hybridized carbons (Fsp3) is 0.500. The second-order valence-corrected chi connectivity index (χ2v) is 3.95. The van der Waals surface area contributed by atoms with Crippen LogP contribution >= 0.6 is 0 Å². The van der Waals surface area contributed by atoms with E-state index < -0.39 is 0 Å². The van der Waals surface area contributed by atoms with Gasteiger partial charge in [0.05, 0.1) is 12.2 Å². The summed E-state index contributed by atoms with van der Waals surface area (Å²) >= 11 is 0. The van der Waals surface area contributed by atoms with Crippen LogP contribution in [0.4, 0.5) is 0 Å². The van der Waals surface area contributed by atoms with E-state index in [9.17, 15) is 4.79 Å². The Balaban J connectivity index is 2.50. The highest BCUT2D eigenvalue weighted by molar-refractivity contribution is 5.89. The summed E-state index contributed by atoms with van der Waals surface area (Å²) in [6.45, 7) is 6.21. The highest BCUT2D eigenvalue weighted by Gasteiger charge is 2.06. The van der Waals surface area contributed by atoms with Gasteiger partial charge in [-0.15, -0.1) is 0 Å². The Morgan fingerprint density at radius 1 is 1.35 bits per heavy atom. The minimum Gasteiger partial charge on any atom is -0.462 e. The molecule has 0 radical (unpaired) electrons. The third-order valence-corrected chi connectivity index (χ3v) is 2.47. The van der Waals surface area contributed by atoms with E-state index in [1.165, 1.54) is 12.8 Å². The smallest absolute Gasteiger partial charge is 0.338 e. The van der Waals surface area contributed by atoms with Crippen LogP contribution in [0.25, 0.3) is 0 Å². The molecule has 0 saturated heterocycles. The molecule has 0 bridgehead atoms. The highest BCUT2D eigenvalue weighted by atomic mass is 16.5. The summed E-state index contributed by atoms with van der Waals surface area (Å²) in [5, 5.41) is 3.35. The number of unbranched alkanes of at least 4 members (excludes halogenated alkanes) is 1. The molecular formula is C14H21NO2. The van der Waals surface area contributed by atoms with Crippen LogP contribution in [-0.2, 0) is 11.3 Å². The van der Waals surface area contributed by atoms with Gasteiger partial charge in [0.1, 0.15) is 0 Å². The topological polar surface area (TPSA) is 38.3 Å². The van der Waals surface area contributed by atoms with Gasteiger partial charge in [-0.1, -0.05) is 25.5 Å². The van der Waals surface area contributed by atoms with Crippen molar-refractivity contribution in [3.05, 3.63) is 35.4 Å².